The predicted octanol–water partition coefficient (Wildman–Crippen LogP) is 2.93. The lowest BCUT2D eigenvalue weighted by Gasteiger charge is -2.14. The summed E-state index contributed by atoms with van der Waals surface area (Å²) in [4.78, 5) is 1.27. The highest BCUT2D eigenvalue weighted by Crippen LogP contribution is 2.32. The molecule has 0 saturated carbocycles. The second-order valence-electron chi connectivity index (χ2n) is 2.57. The Morgan fingerprint density at radius 1 is 1.42 bits per heavy atom. The van der Waals surface area contributed by atoms with Gasteiger partial charge >= 0.3 is 0 Å². The monoisotopic (exact) mass is 178 g/mol. The van der Waals surface area contributed by atoms with Gasteiger partial charge in [0.1, 0.15) is 0 Å². The van der Waals surface area contributed by atoms with Crippen LogP contribution in [0.5, 0.6) is 0 Å². The van der Waals surface area contributed by atoms with Gasteiger partial charge in [0.15, 0.2) is 0 Å². The highest BCUT2D eigenvalue weighted by molar-refractivity contribution is 8.14. The molecule has 0 atom stereocenters. The van der Waals surface area contributed by atoms with Crippen LogP contribution in [0, 0.1) is 0 Å². The third-order valence-corrected chi connectivity index (χ3v) is 2.91. The van der Waals surface area contributed by atoms with Crippen LogP contribution in [-0.4, -0.2) is 5.04 Å². The van der Waals surface area contributed by atoms with Crippen LogP contribution in [0.3, 0.4) is 0 Å². The van der Waals surface area contributed by atoms with E-state index in [4.69, 9.17) is 0 Å². The highest BCUT2D eigenvalue weighted by Gasteiger charge is 2.09. The van der Waals surface area contributed by atoms with Crippen molar-refractivity contribution in [1.29, 1.82) is 0 Å². The van der Waals surface area contributed by atoms with Gasteiger partial charge in [0.05, 0.1) is 10.7 Å². The number of nitrogens with one attached hydrogen (secondary N) is 1. The van der Waals surface area contributed by atoms with Crippen molar-refractivity contribution in [2.75, 3.05) is 5.43 Å². The molecule has 1 aliphatic rings. The van der Waals surface area contributed by atoms with Crippen LogP contribution >= 0.6 is 11.8 Å². The molecule has 62 valence electrons. The Hall–Kier alpha value is -0.960. The quantitative estimate of drug-likeness (QED) is 0.715. The first-order chi connectivity index (χ1) is 5.90. The molecule has 1 aromatic carbocycles. The Kier molecular flexibility index (Phi) is 2.04. The Balaban J connectivity index is 2.31. The van der Waals surface area contributed by atoms with Crippen LogP contribution in [-0.2, 0) is 0 Å². The molecule has 1 aliphatic heterocycles. The fourth-order valence-electron chi connectivity index (χ4n) is 1.07. The number of hydrogen-bond donors (Lipinski definition) is 1. The lowest BCUT2D eigenvalue weighted by atomic mass is 10.3. The summed E-state index contributed by atoms with van der Waals surface area (Å²) in [5.41, 5.74) is 4.14. The SMILES string of the molecule is CCC1=NNc2ccccc2S1. The molecule has 0 spiro atoms. The van der Waals surface area contributed by atoms with Gasteiger partial charge < -0.3 is 0 Å². The fraction of sp³-hybridized carbons (Fsp3) is 0.222. The summed E-state index contributed by atoms with van der Waals surface area (Å²) in [5.74, 6) is 0. The Bertz CT molecular complexity index is 320. The van der Waals surface area contributed by atoms with Crippen LogP contribution in [0.15, 0.2) is 34.3 Å². The standard InChI is InChI=1S/C9H10N2S/c1-2-9-11-10-7-5-3-4-6-8(7)12-9/h3-6,10H,2H2,1H3. The molecule has 2 rings (SSSR count). The number of benzene rings is 1. The van der Waals surface area contributed by atoms with E-state index in [0.29, 0.717) is 0 Å². The summed E-state index contributed by atoms with van der Waals surface area (Å²) in [5, 5.41) is 5.37. The van der Waals surface area contributed by atoms with E-state index in [-0.39, 0.29) is 0 Å². The third-order valence-electron chi connectivity index (χ3n) is 1.72. The fourth-order valence-corrected chi connectivity index (χ4v) is 1.93. The molecule has 0 unspecified atom stereocenters. The van der Waals surface area contributed by atoms with Crippen LogP contribution in [0.1, 0.15) is 13.3 Å². The van der Waals surface area contributed by atoms with Gasteiger partial charge in [-0.15, -0.1) is 0 Å². The minimum absolute atomic E-state index is 0.992. The van der Waals surface area contributed by atoms with E-state index in [2.05, 4.69) is 23.5 Å². The Morgan fingerprint density at radius 2 is 2.25 bits per heavy atom. The molecule has 0 amide bonds. The number of hydrazone groups is 1. The van der Waals surface area contributed by atoms with Gasteiger partial charge in [-0.05, 0) is 18.6 Å². The minimum atomic E-state index is 0.992. The summed E-state index contributed by atoms with van der Waals surface area (Å²) in [6, 6.07) is 8.21. The van der Waals surface area contributed by atoms with Crippen molar-refractivity contribution < 1.29 is 0 Å². The highest BCUT2D eigenvalue weighted by atomic mass is 32.2. The van der Waals surface area contributed by atoms with Gasteiger partial charge in [0.2, 0.25) is 0 Å². The summed E-state index contributed by atoms with van der Waals surface area (Å²) >= 11 is 1.74. The maximum atomic E-state index is 4.22. The second-order valence-corrected chi connectivity index (χ2v) is 3.68. The maximum absolute atomic E-state index is 4.22. The van der Waals surface area contributed by atoms with E-state index in [1.807, 2.05) is 18.2 Å². The number of thioether (sulfide) groups is 1. The zero-order chi connectivity index (χ0) is 8.39. The molecule has 3 heteroatoms. The van der Waals surface area contributed by atoms with E-state index in [0.717, 1.165) is 17.2 Å². The molecule has 0 fully saturated rings. The third kappa shape index (κ3) is 1.32. The lowest BCUT2D eigenvalue weighted by Crippen LogP contribution is -2.03. The van der Waals surface area contributed by atoms with Gasteiger partial charge in [-0.25, -0.2) is 0 Å². The first-order valence-electron chi connectivity index (χ1n) is 3.99. The Labute approximate surface area is 76.1 Å². The van der Waals surface area contributed by atoms with Crippen molar-refractivity contribution >= 4 is 22.5 Å². The number of fused-ring (bicyclic) bond motifs is 1. The summed E-state index contributed by atoms with van der Waals surface area (Å²) in [6.45, 7) is 2.11. The summed E-state index contributed by atoms with van der Waals surface area (Å²) in [7, 11) is 0. The second kappa shape index (κ2) is 3.19. The van der Waals surface area contributed by atoms with Crippen LogP contribution in [0.4, 0.5) is 5.69 Å². The number of hydrogen-bond acceptors (Lipinski definition) is 3. The van der Waals surface area contributed by atoms with Crippen LogP contribution < -0.4 is 5.43 Å². The van der Waals surface area contributed by atoms with Gasteiger partial charge in [-0.2, -0.15) is 5.10 Å². The zero-order valence-corrected chi connectivity index (χ0v) is 7.69. The molecular formula is C9H10N2S. The van der Waals surface area contributed by atoms with Crippen molar-refractivity contribution in [2.24, 2.45) is 5.10 Å². The van der Waals surface area contributed by atoms with Gasteiger partial charge in [0, 0.05) is 4.90 Å². The number of anilines is 1. The molecule has 1 N–H and O–H groups in total. The van der Waals surface area contributed by atoms with Crippen molar-refractivity contribution in [3.63, 3.8) is 0 Å². The van der Waals surface area contributed by atoms with Crippen molar-refractivity contribution in [3.8, 4) is 0 Å². The molecule has 2 nitrogen and oxygen atoms in total. The van der Waals surface area contributed by atoms with E-state index >= 15 is 0 Å². The predicted molar refractivity (Wildman–Crippen MR) is 53.6 cm³/mol. The molecule has 0 aromatic heterocycles. The largest absolute Gasteiger partial charge is 0.277 e. The topological polar surface area (TPSA) is 24.4 Å². The first kappa shape index (κ1) is 7.68. The lowest BCUT2D eigenvalue weighted by molar-refractivity contribution is 1.22. The van der Waals surface area contributed by atoms with Gasteiger partial charge in [-0.1, -0.05) is 30.8 Å². The maximum Gasteiger partial charge on any atom is 0.0980 e. The molecular weight excluding hydrogens is 168 g/mol. The van der Waals surface area contributed by atoms with Crippen LogP contribution in [0.2, 0.25) is 0 Å². The average Bonchev–Trinajstić information content (AvgIpc) is 2.17. The van der Waals surface area contributed by atoms with Crippen molar-refractivity contribution in [1.82, 2.24) is 0 Å². The first-order valence-corrected chi connectivity index (χ1v) is 4.81. The summed E-state index contributed by atoms with van der Waals surface area (Å²) in [6.07, 6.45) is 0.992. The van der Waals surface area contributed by atoms with Gasteiger partial charge in [0.25, 0.3) is 0 Å². The van der Waals surface area contributed by atoms with Crippen LogP contribution in [0.25, 0.3) is 0 Å². The van der Waals surface area contributed by atoms with E-state index in [1.54, 1.807) is 11.8 Å². The summed E-state index contributed by atoms with van der Waals surface area (Å²) < 4.78 is 0. The number of rotatable bonds is 1. The zero-order valence-electron chi connectivity index (χ0n) is 6.87. The molecule has 0 saturated heterocycles. The minimum Gasteiger partial charge on any atom is -0.277 e. The molecule has 12 heavy (non-hydrogen) atoms. The van der Waals surface area contributed by atoms with Crippen molar-refractivity contribution in [2.45, 2.75) is 18.2 Å². The molecule has 1 aromatic rings. The van der Waals surface area contributed by atoms with E-state index < -0.39 is 0 Å². The number of para-hydroxylation sites is 1. The Morgan fingerprint density at radius 3 is 3.08 bits per heavy atom. The van der Waals surface area contributed by atoms with Crippen molar-refractivity contribution in [3.05, 3.63) is 24.3 Å². The average molecular weight is 178 g/mol. The molecule has 0 aliphatic carbocycles. The molecule has 1 heterocycles. The normalized spacial score (nSPS) is 14.6. The van der Waals surface area contributed by atoms with E-state index in [1.165, 1.54) is 4.90 Å². The smallest absolute Gasteiger partial charge is 0.0980 e. The van der Waals surface area contributed by atoms with E-state index in [9.17, 15) is 0 Å². The molecule has 0 bridgehead atoms. The molecule has 0 radical (unpaired) electrons. The number of nitrogens with zero attached hydrogens (tertiary/aromatic N) is 1. The van der Waals surface area contributed by atoms with Gasteiger partial charge in [-0.3, -0.25) is 5.43 Å².